The number of carbonyl (C=O) groups is 1. The van der Waals surface area contributed by atoms with Gasteiger partial charge in [0.2, 0.25) is 0 Å². The van der Waals surface area contributed by atoms with E-state index >= 15 is 0 Å². The van der Waals surface area contributed by atoms with Gasteiger partial charge in [-0.25, -0.2) is 8.78 Å². The van der Waals surface area contributed by atoms with Gasteiger partial charge in [0.1, 0.15) is 0 Å². The summed E-state index contributed by atoms with van der Waals surface area (Å²) < 4.78 is 32.1. The van der Waals surface area contributed by atoms with Gasteiger partial charge in [0.05, 0.1) is 23.8 Å². The van der Waals surface area contributed by atoms with Crippen molar-refractivity contribution >= 4 is 5.91 Å². The van der Waals surface area contributed by atoms with E-state index in [9.17, 15) is 13.6 Å². The maximum atomic E-state index is 13.4. The summed E-state index contributed by atoms with van der Waals surface area (Å²) in [7, 11) is 0. The Morgan fingerprint density at radius 3 is 2.83 bits per heavy atom. The van der Waals surface area contributed by atoms with E-state index in [2.05, 4.69) is 5.32 Å². The molecule has 5 heteroatoms. The van der Waals surface area contributed by atoms with Crippen LogP contribution in [0.15, 0.2) is 18.2 Å². The van der Waals surface area contributed by atoms with E-state index in [0.717, 1.165) is 25.3 Å². The second kappa shape index (κ2) is 4.31. The first-order valence-electron chi connectivity index (χ1n) is 6.05. The maximum Gasteiger partial charge on any atom is 0.254 e. The van der Waals surface area contributed by atoms with Gasteiger partial charge in [0, 0.05) is 0 Å². The van der Waals surface area contributed by atoms with E-state index in [4.69, 9.17) is 4.74 Å². The van der Waals surface area contributed by atoms with Gasteiger partial charge in [-0.2, -0.15) is 0 Å². The van der Waals surface area contributed by atoms with Gasteiger partial charge in [-0.05, 0) is 31.4 Å². The number of amides is 1. The van der Waals surface area contributed by atoms with Crippen molar-refractivity contribution < 1.29 is 18.3 Å². The van der Waals surface area contributed by atoms with Gasteiger partial charge < -0.3 is 10.1 Å². The number of benzene rings is 1. The smallest absolute Gasteiger partial charge is 0.254 e. The summed E-state index contributed by atoms with van der Waals surface area (Å²) >= 11 is 0. The monoisotopic (exact) mass is 253 g/mol. The largest absolute Gasteiger partial charge is 0.373 e. The Morgan fingerprint density at radius 1 is 1.33 bits per heavy atom. The highest BCUT2D eigenvalue weighted by Gasteiger charge is 2.41. The van der Waals surface area contributed by atoms with E-state index in [1.165, 1.54) is 12.1 Å². The van der Waals surface area contributed by atoms with Gasteiger partial charge in [-0.3, -0.25) is 4.79 Å². The van der Waals surface area contributed by atoms with Crippen molar-refractivity contribution in [3.05, 3.63) is 35.4 Å². The number of fused-ring (bicyclic) bond motifs is 2. The fraction of sp³-hybridized carbons (Fsp3) is 0.462. The second-order valence-electron chi connectivity index (χ2n) is 4.79. The first kappa shape index (κ1) is 11.6. The van der Waals surface area contributed by atoms with Crippen LogP contribution in [0.4, 0.5) is 8.78 Å². The van der Waals surface area contributed by atoms with Gasteiger partial charge in [0.25, 0.3) is 5.91 Å². The molecule has 0 aromatic heterocycles. The van der Waals surface area contributed by atoms with Crippen molar-refractivity contribution in [1.29, 1.82) is 0 Å². The predicted molar refractivity (Wildman–Crippen MR) is 60.1 cm³/mol. The lowest BCUT2D eigenvalue weighted by molar-refractivity contribution is 0.0837. The van der Waals surface area contributed by atoms with E-state index in [1.807, 2.05) is 0 Å². The number of hydrogen-bond donors (Lipinski definition) is 1. The lowest BCUT2D eigenvalue weighted by Crippen LogP contribution is -2.41. The number of hydrogen-bond acceptors (Lipinski definition) is 2. The lowest BCUT2D eigenvalue weighted by atomic mass is 9.95. The fourth-order valence-electron chi connectivity index (χ4n) is 2.72. The van der Waals surface area contributed by atoms with Crippen molar-refractivity contribution in [2.24, 2.45) is 0 Å². The molecule has 2 fully saturated rings. The zero-order valence-corrected chi connectivity index (χ0v) is 9.66. The number of halogens is 2. The molecule has 3 nitrogen and oxygen atoms in total. The molecule has 2 aliphatic heterocycles. The minimum absolute atomic E-state index is 0.0237. The van der Waals surface area contributed by atoms with Gasteiger partial charge >= 0.3 is 0 Å². The SMILES string of the molecule is O=C(NC1CC2CCC1O2)c1cccc(F)c1F. The average molecular weight is 253 g/mol. The van der Waals surface area contributed by atoms with Crippen LogP contribution in [-0.4, -0.2) is 24.2 Å². The zero-order chi connectivity index (χ0) is 12.7. The minimum Gasteiger partial charge on any atom is -0.373 e. The Bertz CT molecular complexity index is 492. The number of ether oxygens (including phenoxy) is 1. The van der Waals surface area contributed by atoms with Gasteiger partial charge in [0.15, 0.2) is 11.6 Å². The molecule has 2 bridgehead atoms. The van der Waals surface area contributed by atoms with Crippen LogP contribution < -0.4 is 5.32 Å². The van der Waals surface area contributed by atoms with Crippen LogP contribution in [0.5, 0.6) is 0 Å². The van der Waals surface area contributed by atoms with E-state index < -0.39 is 17.5 Å². The molecule has 3 unspecified atom stereocenters. The van der Waals surface area contributed by atoms with Crippen LogP contribution in [0.2, 0.25) is 0 Å². The molecule has 0 radical (unpaired) electrons. The first-order valence-corrected chi connectivity index (χ1v) is 6.05. The standard InChI is InChI=1S/C13H13F2NO2/c14-9-3-1-2-8(12(9)15)13(17)16-10-6-7-4-5-11(10)18-7/h1-3,7,10-11H,4-6H2,(H,16,17). The molecule has 2 heterocycles. The topological polar surface area (TPSA) is 38.3 Å². The number of nitrogens with one attached hydrogen (secondary N) is 1. The molecule has 1 N–H and O–H groups in total. The molecule has 96 valence electrons. The minimum atomic E-state index is -1.10. The van der Waals surface area contributed by atoms with Crippen LogP contribution in [0.25, 0.3) is 0 Å². The van der Waals surface area contributed by atoms with Crippen LogP contribution in [-0.2, 0) is 4.74 Å². The maximum absolute atomic E-state index is 13.4. The van der Waals surface area contributed by atoms with Crippen molar-refractivity contribution in [1.82, 2.24) is 5.32 Å². The van der Waals surface area contributed by atoms with Crippen molar-refractivity contribution in [2.75, 3.05) is 0 Å². The Morgan fingerprint density at radius 2 is 2.17 bits per heavy atom. The summed E-state index contributed by atoms with van der Waals surface area (Å²) in [6.07, 6.45) is 2.92. The van der Waals surface area contributed by atoms with Crippen molar-refractivity contribution in [3.8, 4) is 0 Å². The third-order valence-electron chi connectivity index (χ3n) is 3.62. The molecule has 1 amide bonds. The highest BCUT2D eigenvalue weighted by atomic mass is 19.2. The molecule has 0 spiro atoms. The highest BCUT2D eigenvalue weighted by molar-refractivity contribution is 5.94. The molecule has 0 aliphatic carbocycles. The molecule has 18 heavy (non-hydrogen) atoms. The summed E-state index contributed by atoms with van der Waals surface area (Å²) in [5.74, 6) is -2.68. The summed E-state index contributed by atoms with van der Waals surface area (Å²) in [5, 5.41) is 2.72. The highest BCUT2D eigenvalue weighted by Crippen LogP contribution is 2.34. The second-order valence-corrected chi connectivity index (χ2v) is 4.79. The predicted octanol–water partition coefficient (Wildman–Crippen LogP) is 2.01. The van der Waals surface area contributed by atoms with E-state index in [0.29, 0.717) is 0 Å². The number of rotatable bonds is 2. The van der Waals surface area contributed by atoms with Crippen molar-refractivity contribution in [2.45, 2.75) is 37.5 Å². The molecule has 2 aliphatic rings. The van der Waals surface area contributed by atoms with Crippen LogP contribution >= 0.6 is 0 Å². The lowest BCUT2D eigenvalue weighted by Gasteiger charge is -2.20. The summed E-state index contributed by atoms with van der Waals surface area (Å²) in [4.78, 5) is 11.9. The fourth-order valence-corrected chi connectivity index (χ4v) is 2.72. The summed E-state index contributed by atoms with van der Waals surface area (Å²) in [6.45, 7) is 0. The van der Waals surface area contributed by atoms with Crippen LogP contribution in [0.1, 0.15) is 29.6 Å². The molecule has 1 aromatic carbocycles. The van der Waals surface area contributed by atoms with E-state index in [-0.39, 0.29) is 23.8 Å². The summed E-state index contributed by atoms with van der Waals surface area (Å²) in [5.41, 5.74) is -0.252. The molecule has 0 saturated carbocycles. The van der Waals surface area contributed by atoms with Gasteiger partial charge in [-0.1, -0.05) is 6.07 Å². The Balaban J connectivity index is 1.73. The third kappa shape index (κ3) is 1.88. The molecule has 1 aromatic rings. The molecule has 3 atom stereocenters. The molecule has 3 rings (SSSR count). The van der Waals surface area contributed by atoms with Crippen LogP contribution in [0, 0.1) is 11.6 Å². The zero-order valence-electron chi connectivity index (χ0n) is 9.66. The third-order valence-corrected chi connectivity index (χ3v) is 3.62. The average Bonchev–Trinajstić information content (AvgIpc) is 2.94. The Labute approximate surface area is 103 Å². The molecule has 2 saturated heterocycles. The quantitative estimate of drug-likeness (QED) is 0.875. The van der Waals surface area contributed by atoms with Gasteiger partial charge in [-0.15, -0.1) is 0 Å². The Hall–Kier alpha value is -1.49. The van der Waals surface area contributed by atoms with Crippen molar-refractivity contribution in [3.63, 3.8) is 0 Å². The number of carbonyl (C=O) groups excluding carboxylic acids is 1. The van der Waals surface area contributed by atoms with E-state index in [1.54, 1.807) is 0 Å². The Kier molecular flexibility index (Phi) is 2.78. The van der Waals surface area contributed by atoms with Crippen LogP contribution in [0.3, 0.4) is 0 Å². The molecular formula is C13H13F2NO2. The normalized spacial score (nSPS) is 29.6. The first-order chi connectivity index (χ1) is 8.65. The summed E-state index contributed by atoms with van der Waals surface area (Å²) in [6, 6.07) is 3.51. The molecular weight excluding hydrogens is 240 g/mol.